The van der Waals surface area contributed by atoms with Crippen molar-refractivity contribution in [1.82, 2.24) is 4.98 Å². The number of esters is 1. The number of benzene rings is 2. The molecule has 0 radical (unpaired) electrons. The van der Waals surface area contributed by atoms with Gasteiger partial charge in [0, 0.05) is 23.9 Å². The molecule has 1 aromatic heterocycles. The van der Waals surface area contributed by atoms with E-state index in [0.717, 1.165) is 0 Å². The molecule has 1 heterocycles. The minimum atomic E-state index is -4.76. The molecule has 0 aliphatic carbocycles. The Bertz CT molecular complexity index is 1280. The zero-order chi connectivity index (χ0) is 26.5. The topological polar surface area (TPSA) is 93.5 Å². The van der Waals surface area contributed by atoms with E-state index in [-0.39, 0.29) is 17.9 Å². The molecule has 0 unspecified atom stereocenters. The van der Waals surface area contributed by atoms with Crippen molar-refractivity contribution in [3.8, 4) is 28.7 Å². The van der Waals surface area contributed by atoms with Crippen molar-refractivity contribution in [2.24, 2.45) is 0 Å². The van der Waals surface area contributed by atoms with Crippen LogP contribution in [0.4, 0.5) is 19.0 Å². The summed E-state index contributed by atoms with van der Waals surface area (Å²) >= 11 is 0. The Labute approximate surface area is 206 Å². The molecule has 3 rings (SSSR count). The number of nitrogens with zero attached hydrogens (tertiary/aromatic N) is 2. The molecule has 0 atom stereocenters. The predicted octanol–water partition coefficient (Wildman–Crippen LogP) is 5.59. The van der Waals surface area contributed by atoms with Crippen molar-refractivity contribution < 1.29 is 32.2 Å². The van der Waals surface area contributed by atoms with Gasteiger partial charge in [0.1, 0.15) is 23.4 Å². The summed E-state index contributed by atoms with van der Waals surface area (Å²) in [4.78, 5) is 16.8. The van der Waals surface area contributed by atoms with E-state index in [1.807, 2.05) is 0 Å². The van der Waals surface area contributed by atoms with Crippen LogP contribution in [0.1, 0.15) is 30.5 Å². The Morgan fingerprint density at radius 3 is 2.42 bits per heavy atom. The van der Waals surface area contributed by atoms with Crippen molar-refractivity contribution in [1.29, 1.82) is 5.26 Å². The van der Waals surface area contributed by atoms with Gasteiger partial charge in [-0.25, -0.2) is 4.98 Å². The van der Waals surface area contributed by atoms with Gasteiger partial charge in [-0.05, 0) is 61.4 Å². The number of methoxy groups -OCH3 is 2. The summed E-state index contributed by atoms with van der Waals surface area (Å²) in [5.41, 5.74) is 1.57. The maximum atomic E-state index is 12.4. The fraction of sp³-hybridized carbons (Fsp3) is 0.269. The molecule has 10 heteroatoms. The maximum Gasteiger partial charge on any atom is 0.573 e. The lowest BCUT2D eigenvalue weighted by Crippen LogP contribution is -2.31. The predicted molar refractivity (Wildman–Crippen MR) is 126 cm³/mol. The third-order valence-electron chi connectivity index (χ3n) is 5.49. The number of alkyl halides is 3. The monoisotopic (exact) mass is 499 g/mol. The summed E-state index contributed by atoms with van der Waals surface area (Å²) in [6.07, 6.45) is -3.17. The molecule has 0 aliphatic rings. The standard InChI is InChI=1S/C26H24F3N3O4/c1-25(2,24(33)35-4)21-12-18(11-19(13-30)23(21)34-3)17-8-9-22(32-15-17)31-14-16-6-5-7-20(10-16)36-26(27,28)29/h5-12,15H,14H2,1-4H3,(H,31,32). The lowest BCUT2D eigenvalue weighted by molar-refractivity contribution is -0.274. The lowest BCUT2D eigenvalue weighted by atomic mass is 9.81. The minimum Gasteiger partial charge on any atom is -0.495 e. The van der Waals surface area contributed by atoms with E-state index in [9.17, 15) is 23.2 Å². The van der Waals surface area contributed by atoms with E-state index < -0.39 is 17.7 Å². The largest absolute Gasteiger partial charge is 0.573 e. The summed E-state index contributed by atoms with van der Waals surface area (Å²) < 4.78 is 51.7. The lowest BCUT2D eigenvalue weighted by Gasteiger charge is -2.25. The average molecular weight is 499 g/mol. The molecular weight excluding hydrogens is 475 g/mol. The summed E-state index contributed by atoms with van der Waals surface area (Å²) in [5, 5.41) is 12.7. The number of carbonyl (C=O) groups is 1. The van der Waals surface area contributed by atoms with Gasteiger partial charge in [0.15, 0.2) is 0 Å². The highest BCUT2D eigenvalue weighted by Crippen LogP contribution is 2.38. The van der Waals surface area contributed by atoms with Crippen LogP contribution in [0.2, 0.25) is 0 Å². The molecule has 188 valence electrons. The van der Waals surface area contributed by atoms with Crippen LogP contribution in [-0.4, -0.2) is 31.5 Å². The Morgan fingerprint density at radius 2 is 1.83 bits per heavy atom. The Kier molecular flexibility index (Phi) is 7.73. The van der Waals surface area contributed by atoms with E-state index in [1.165, 1.54) is 32.4 Å². The fourth-order valence-corrected chi connectivity index (χ4v) is 3.64. The molecule has 2 aromatic carbocycles. The van der Waals surface area contributed by atoms with E-state index in [1.54, 1.807) is 50.4 Å². The molecule has 36 heavy (non-hydrogen) atoms. The van der Waals surface area contributed by atoms with Crippen LogP contribution in [0.5, 0.6) is 11.5 Å². The fourth-order valence-electron chi connectivity index (χ4n) is 3.64. The first-order chi connectivity index (χ1) is 17.0. The Morgan fingerprint density at radius 1 is 1.08 bits per heavy atom. The third-order valence-corrected chi connectivity index (χ3v) is 5.49. The number of carbonyl (C=O) groups excluding carboxylic acids is 1. The van der Waals surface area contributed by atoms with Gasteiger partial charge < -0.3 is 19.5 Å². The molecule has 0 amide bonds. The first-order valence-corrected chi connectivity index (χ1v) is 10.7. The molecule has 3 aromatic rings. The van der Waals surface area contributed by atoms with Crippen molar-refractivity contribution in [2.45, 2.75) is 32.2 Å². The number of nitriles is 1. The Hall–Kier alpha value is -4.26. The van der Waals surface area contributed by atoms with E-state index in [4.69, 9.17) is 9.47 Å². The number of hydrogen-bond donors (Lipinski definition) is 1. The number of rotatable bonds is 8. The number of ether oxygens (including phenoxy) is 3. The quantitative estimate of drug-likeness (QED) is 0.404. The number of hydrogen-bond acceptors (Lipinski definition) is 7. The average Bonchev–Trinajstić information content (AvgIpc) is 2.85. The van der Waals surface area contributed by atoms with Crippen LogP contribution in [0.3, 0.4) is 0 Å². The highest BCUT2D eigenvalue weighted by molar-refractivity contribution is 5.85. The van der Waals surface area contributed by atoms with Crippen LogP contribution in [0.15, 0.2) is 54.7 Å². The zero-order valence-corrected chi connectivity index (χ0v) is 20.1. The highest BCUT2D eigenvalue weighted by Gasteiger charge is 2.35. The SMILES string of the molecule is COC(=O)C(C)(C)c1cc(-c2ccc(NCc3cccc(OC(F)(F)F)c3)nc2)cc(C#N)c1OC. The minimum absolute atomic E-state index is 0.222. The van der Waals surface area contributed by atoms with E-state index in [2.05, 4.69) is 21.1 Å². The molecule has 0 aliphatic heterocycles. The van der Waals surface area contributed by atoms with E-state index >= 15 is 0 Å². The third kappa shape index (κ3) is 6.05. The van der Waals surface area contributed by atoms with Gasteiger partial charge >= 0.3 is 12.3 Å². The highest BCUT2D eigenvalue weighted by atomic mass is 19.4. The van der Waals surface area contributed by atoms with Crippen LogP contribution in [0, 0.1) is 11.3 Å². The summed E-state index contributed by atoms with van der Waals surface area (Å²) in [5.74, 6) is -0.00235. The number of pyridine rings is 1. The van der Waals surface area contributed by atoms with Crippen LogP contribution < -0.4 is 14.8 Å². The molecule has 1 N–H and O–H groups in total. The molecule has 7 nitrogen and oxygen atoms in total. The van der Waals surface area contributed by atoms with Crippen LogP contribution in [0.25, 0.3) is 11.1 Å². The van der Waals surface area contributed by atoms with Gasteiger partial charge in [0.05, 0.1) is 25.2 Å². The summed E-state index contributed by atoms with van der Waals surface area (Å²) in [7, 11) is 2.72. The van der Waals surface area contributed by atoms with Gasteiger partial charge in [0.2, 0.25) is 0 Å². The molecule has 0 saturated heterocycles. The Balaban J connectivity index is 1.85. The second-order valence-electron chi connectivity index (χ2n) is 8.31. The van der Waals surface area contributed by atoms with Crippen molar-refractivity contribution in [2.75, 3.05) is 19.5 Å². The molecule has 0 saturated carbocycles. The summed E-state index contributed by atoms with van der Waals surface area (Å²) in [6.45, 7) is 3.59. The zero-order valence-electron chi connectivity index (χ0n) is 20.1. The smallest absolute Gasteiger partial charge is 0.495 e. The number of anilines is 1. The normalized spacial score (nSPS) is 11.4. The van der Waals surface area contributed by atoms with Crippen molar-refractivity contribution >= 4 is 11.8 Å². The number of nitrogens with one attached hydrogen (secondary N) is 1. The van der Waals surface area contributed by atoms with Crippen molar-refractivity contribution in [3.05, 3.63) is 71.4 Å². The molecule has 0 bridgehead atoms. The maximum absolute atomic E-state index is 12.4. The van der Waals surface area contributed by atoms with Crippen molar-refractivity contribution in [3.63, 3.8) is 0 Å². The van der Waals surface area contributed by atoms with E-state index in [0.29, 0.717) is 33.8 Å². The molecule has 0 fully saturated rings. The van der Waals surface area contributed by atoms with Crippen LogP contribution in [-0.2, 0) is 21.5 Å². The van der Waals surface area contributed by atoms with Gasteiger partial charge in [0.25, 0.3) is 0 Å². The van der Waals surface area contributed by atoms with Gasteiger partial charge in [-0.3, -0.25) is 4.79 Å². The number of halogens is 3. The first-order valence-electron chi connectivity index (χ1n) is 10.7. The molecule has 0 spiro atoms. The van der Waals surface area contributed by atoms with Gasteiger partial charge in [-0.2, -0.15) is 5.26 Å². The number of aromatic nitrogens is 1. The van der Waals surface area contributed by atoms with Gasteiger partial charge in [-0.15, -0.1) is 13.2 Å². The second-order valence-corrected chi connectivity index (χ2v) is 8.31. The first kappa shape index (κ1) is 26.3. The second kappa shape index (κ2) is 10.6. The molecular formula is C26H24F3N3O4. The van der Waals surface area contributed by atoms with Crippen LogP contribution >= 0.6 is 0 Å². The summed E-state index contributed by atoms with van der Waals surface area (Å²) in [6, 6.07) is 14.6. The van der Waals surface area contributed by atoms with Gasteiger partial charge in [-0.1, -0.05) is 12.1 Å².